The zero-order valence-electron chi connectivity index (χ0n) is 12.5. The highest BCUT2D eigenvalue weighted by molar-refractivity contribution is 9.10. The van der Waals surface area contributed by atoms with E-state index >= 15 is 0 Å². The molecule has 0 atom stereocenters. The van der Waals surface area contributed by atoms with E-state index < -0.39 is 5.97 Å². The summed E-state index contributed by atoms with van der Waals surface area (Å²) < 4.78 is 0.793. The van der Waals surface area contributed by atoms with Gasteiger partial charge < -0.3 is 10.4 Å². The number of hydrogen-bond donors (Lipinski definition) is 2. The molecule has 0 saturated heterocycles. The molecule has 0 aromatic heterocycles. The first-order valence-corrected chi connectivity index (χ1v) is 7.92. The van der Waals surface area contributed by atoms with E-state index in [1.165, 1.54) is 25.7 Å². The standard InChI is InChI=1S/C16H24BrNO2/c1-4-5-6-9-16(2,3)11-18-14-8-7-12(15(19)20)10-13(14)17/h7-8,10,18H,4-6,9,11H2,1-3H3,(H,19,20). The molecule has 0 aliphatic carbocycles. The molecule has 0 saturated carbocycles. The zero-order valence-corrected chi connectivity index (χ0v) is 14.1. The van der Waals surface area contributed by atoms with E-state index in [-0.39, 0.29) is 5.41 Å². The molecule has 0 spiro atoms. The Balaban J connectivity index is 2.58. The molecule has 112 valence electrons. The largest absolute Gasteiger partial charge is 0.478 e. The van der Waals surface area contributed by atoms with Gasteiger partial charge in [-0.3, -0.25) is 0 Å². The smallest absolute Gasteiger partial charge is 0.335 e. The van der Waals surface area contributed by atoms with Crippen molar-refractivity contribution in [1.29, 1.82) is 0 Å². The Kier molecular flexibility index (Phi) is 6.53. The molecule has 0 unspecified atom stereocenters. The molecule has 0 radical (unpaired) electrons. The molecule has 0 bridgehead atoms. The summed E-state index contributed by atoms with van der Waals surface area (Å²) in [6, 6.07) is 5.07. The highest BCUT2D eigenvalue weighted by atomic mass is 79.9. The van der Waals surface area contributed by atoms with Gasteiger partial charge in [-0.2, -0.15) is 0 Å². The minimum absolute atomic E-state index is 0.236. The summed E-state index contributed by atoms with van der Waals surface area (Å²) in [7, 11) is 0. The van der Waals surface area contributed by atoms with Crippen molar-refractivity contribution in [3.8, 4) is 0 Å². The van der Waals surface area contributed by atoms with Crippen LogP contribution in [0.25, 0.3) is 0 Å². The summed E-state index contributed by atoms with van der Waals surface area (Å²) in [5, 5.41) is 12.3. The number of unbranched alkanes of at least 4 members (excludes halogenated alkanes) is 2. The van der Waals surface area contributed by atoms with Crippen LogP contribution in [0.4, 0.5) is 5.69 Å². The predicted octanol–water partition coefficient (Wildman–Crippen LogP) is 5.17. The van der Waals surface area contributed by atoms with E-state index in [1.807, 2.05) is 6.07 Å². The normalized spacial score (nSPS) is 11.4. The fourth-order valence-electron chi connectivity index (χ4n) is 2.07. The van der Waals surface area contributed by atoms with Gasteiger partial charge in [0, 0.05) is 16.7 Å². The van der Waals surface area contributed by atoms with Crippen LogP contribution in [-0.4, -0.2) is 17.6 Å². The van der Waals surface area contributed by atoms with Crippen molar-refractivity contribution in [2.45, 2.75) is 46.5 Å². The second kappa shape index (κ2) is 7.67. The van der Waals surface area contributed by atoms with Crippen molar-refractivity contribution < 1.29 is 9.90 Å². The van der Waals surface area contributed by atoms with Gasteiger partial charge in [0.15, 0.2) is 0 Å². The molecule has 3 nitrogen and oxygen atoms in total. The molecule has 0 heterocycles. The average molecular weight is 342 g/mol. The highest BCUT2D eigenvalue weighted by Gasteiger charge is 2.17. The third-order valence-corrected chi connectivity index (χ3v) is 4.09. The number of nitrogens with one attached hydrogen (secondary N) is 1. The third kappa shape index (κ3) is 5.53. The number of rotatable bonds is 8. The van der Waals surface area contributed by atoms with Crippen molar-refractivity contribution in [3.63, 3.8) is 0 Å². The lowest BCUT2D eigenvalue weighted by Gasteiger charge is -2.26. The van der Waals surface area contributed by atoms with E-state index in [9.17, 15) is 4.79 Å². The van der Waals surface area contributed by atoms with Crippen molar-refractivity contribution >= 4 is 27.6 Å². The monoisotopic (exact) mass is 341 g/mol. The number of carboxylic acids is 1. The Morgan fingerprint density at radius 3 is 2.60 bits per heavy atom. The predicted molar refractivity (Wildman–Crippen MR) is 87.5 cm³/mol. The third-order valence-electron chi connectivity index (χ3n) is 3.43. The van der Waals surface area contributed by atoms with E-state index in [4.69, 9.17) is 5.11 Å². The van der Waals surface area contributed by atoms with Crippen LogP contribution in [0.1, 0.15) is 56.8 Å². The molecule has 0 aliphatic rings. The summed E-state index contributed by atoms with van der Waals surface area (Å²) in [4.78, 5) is 10.9. The summed E-state index contributed by atoms with van der Waals surface area (Å²) in [5.41, 5.74) is 1.48. The lowest BCUT2D eigenvalue weighted by molar-refractivity contribution is 0.0697. The van der Waals surface area contributed by atoms with Gasteiger partial charge in [-0.15, -0.1) is 0 Å². The van der Waals surface area contributed by atoms with Crippen LogP contribution in [0.15, 0.2) is 22.7 Å². The number of carbonyl (C=O) groups is 1. The van der Waals surface area contributed by atoms with Crippen molar-refractivity contribution in [3.05, 3.63) is 28.2 Å². The summed E-state index contributed by atoms with van der Waals surface area (Å²) in [6.07, 6.45) is 4.97. The van der Waals surface area contributed by atoms with Crippen LogP contribution >= 0.6 is 15.9 Å². The second-order valence-electron chi connectivity index (χ2n) is 5.97. The number of hydrogen-bond acceptors (Lipinski definition) is 2. The van der Waals surface area contributed by atoms with Crippen LogP contribution in [0.3, 0.4) is 0 Å². The van der Waals surface area contributed by atoms with E-state index in [0.717, 1.165) is 16.7 Å². The molecule has 0 fully saturated rings. The molecule has 4 heteroatoms. The van der Waals surface area contributed by atoms with Gasteiger partial charge >= 0.3 is 5.97 Å². The van der Waals surface area contributed by atoms with Crippen LogP contribution in [0.2, 0.25) is 0 Å². The molecular formula is C16H24BrNO2. The Morgan fingerprint density at radius 1 is 1.35 bits per heavy atom. The number of carboxylic acid groups (broad SMARTS) is 1. The van der Waals surface area contributed by atoms with Crippen molar-refractivity contribution in [2.24, 2.45) is 5.41 Å². The molecule has 20 heavy (non-hydrogen) atoms. The zero-order chi connectivity index (χ0) is 15.2. The first kappa shape index (κ1) is 17.0. The number of halogens is 1. The average Bonchev–Trinajstić information content (AvgIpc) is 2.37. The topological polar surface area (TPSA) is 49.3 Å². The van der Waals surface area contributed by atoms with Gasteiger partial charge in [-0.1, -0.05) is 40.0 Å². The molecule has 1 aromatic carbocycles. The lowest BCUT2D eigenvalue weighted by atomic mass is 9.87. The molecule has 2 N–H and O–H groups in total. The van der Waals surface area contributed by atoms with Crippen molar-refractivity contribution in [1.82, 2.24) is 0 Å². The number of benzene rings is 1. The van der Waals surface area contributed by atoms with Gasteiger partial charge in [0.25, 0.3) is 0 Å². The summed E-state index contributed by atoms with van der Waals surface area (Å²) in [5.74, 6) is -0.905. The maximum atomic E-state index is 10.9. The van der Waals surface area contributed by atoms with Gasteiger partial charge in [-0.05, 0) is 46.0 Å². The minimum atomic E-state index is -0.905. The van der Waals surface area contributed by atoms with Crippen LogP contribution < -0.4 is 5.32 Å². The first-order valence-electron chi connectivity index (χ1n) is 7.12. The van der Waals surface area contributed by atoms with Crippen LogP contribution in [0.5, 0.6) is 0 Å². The molecule has 0 amide bonds. The number of anilines is 1. The Labute approximate surface area is 129 Å². The van der Waals surface area contributed by atoms with Gasteiger partial charge in [0.1, 0.15) is 0 Å². The Morgan fingerprint density at radius 2 is 2.05 bits per heavy atom. The second-order valence-corrected chi connectivity index (χ2v) is 6.83. The van der Waals surface area contributed by atoms with Crippen LogP contribution in [0, 0.1) is 5.41 Å². The van der Waals surface area contributed by atoms with E-state index in [0.29, 0.717) is 5.56 Å². The SMILES string of the molecule is CCCCCC(C)(C)CNc1ccc(C(=O)O)cc1Br. The quantitative estimate of drug-likeness (QED) is 0.641. The van der Waals surface area contributed by atoms with E-state index in [1.54, 1.807) is 12.1 Å². The fraction of sp³-hybridized carbons (Fsp3) is 0.562. The van der Waals surface area contributed by atoms with Gasteiger partial charge in [0.2, 0.25) is 0 Å². The maximum Gasteiger partial charge on any atom is 0.335 e. The first-order chi connectivity index (χ1) is 9.35. The maximum absolute atomic E-state index is 10.9. The van der Waals surface area contributed by atoms with E-state index in [2.05, 4.69) is 42.0 Å². The summed E-state index contributed by atoms with van der Waals surface area (Å²) in [6.45, 7) is 7.61. The lowest BCUT2D eigenvalue weighted by Crippen LogP contribution is -2.23. The van der Waals surface area contributed by atoms with Crippen molar-refractivity contribution in [2.75, 3.05) is 11.9 Å². The minimum Gasteiger partial charge on any atom is -0.478 e. The molecule has 1 rings (SSSR count). The summed E-state index contributed by atoms with van der Waals surface area (Å²) >= 11 is 3.42. The highest BCUT2D eigenvalue weighted by Crippen LogP contribution is 2.28. The van der Waals surface area contributed by atoms with Gasteiger partial charge in [-0.25, -0.2) is 4.79 Å². The van der Waals surface area contributed by atoms with Crippen LogP contribution in [-0.2, 0) is 0 Å². The number of aromatic carboxylic acids is 1. The Hall–Kier alpha value is -1.03. The molecule has 0 aliphatic heterocycles. The fourth-order valence-corrected chi connectivity index (χ4v) is 2.59. The molecule has 1 aromatic rings. The van der Waals surface area contributed by atoms with Gasteiger partial charge in [0.05, 0.1) is 5.56 Å². The Bertz CT molecular complexity index is 458. The molecular weight excluding hydrogens is 318 g/mol.